The molecule has 2 amide bonds. The summed E-state index contributed by atoms with van der Waals surface area (Å²) in [5, 5.41) is 6.96. The van der Waals surface area contributed by atoms with Gasteiger partial charge in [0.2, 0.25) is 5.91 Å². The molecule has 0 aliphatic heterocycles. The van der Waals surface area contributed by atoms with E-state index in [1.54, 1.807) is 26.0 Å². The molecule has 0 saturated heterocycles. The van der Waals surface area contributed by atoms with E-state index in [-0.39, 0.29) is 17.6 Å². The fraction of sp³-hybridized carbons (Fsp3) is 0.278. The first-order chi connectivity index (χ1) is 11.5. The summed E-state index contributed by atoms with van der Waals surface area (Å²) >= 11 is 0. The van der Waals surface area contributed by atoms with Crippen molar-refractivity contribution in [2.45, 2.75) is 26.7 Å². The van der Waals surface area contributed by atoms with Gasteiger partial charge in [0, 0.05) is 11.6 Å². The average Bonchev–Trinajstić information content (AvgIpc) is 3.34. The van der Waals surface area contributed by atoms with E-state index < -0.39 is 5.91 Å². The number of carbonyl (C=O) groups is 2. The molecule has 6 heteroatoms. The number of nitrogens with zero attached hydrogens (tertiary/aromatic N) is 1. The summed E-state index contributed by atoms with van der Waals surface area (Å²) in [6, 6.07) is 10.7. The number of furan rings is 1. The second-order valence-electron chi connectivity index (χ2n) is 5.89. The van der Waals surface area contributed by atoms with Crippen LogP contribution in [-0.4, -0.2) is 17.5 Å². The zero-order valence-corrected chi connectivity index (χ0v) is 13.6. The van der Waals surface area contributed by atoms with Crippen LogP contribution in [0.4, 0.5) is 5.69 Å². The van der Waals surface area contributed by atoms with Crippen molar-refractivity contribution in [3.8, 4) is 0 Å². The molecule has 3 rings (SSSR count). The van der Waals surface area contributed by atoms with E-state index in [1.807, 2.05) is 24.3 Å². The smallest absolute Gasteiger partial charge is 0.307 e. The molecule has 1 fully saturated rings. The van der Waals surface area contributed by atoms with E-state index in [0.717, 1.165) is 24.1 Å². The van der Waals surface area contributed by atoms with Crippen LogP contribution in [0.25, 0.3) is 0 Å². The fourth-order valence-corrected chi connectivity index (χ4v) is 2.20. The SMILES string of the molecule is C/C(=N/NC(=O)c1ccc(C)o1)c1ccc(NC(=O)C2CC2)cc1. The van der Waals surface area contributed by atoms with Gasteiger partial charge in [-0.05, 0) is 56.5 Å². The molecule has 0 atom stereocenters. The standard InChI is InChI=1S/C18H19N3O3/c1-11-3-10-16(24-11)18(23)21-20-12(2)13-6-8-15(9-7-13)19-17(22)14-4-5-14/h3,6-10,14H,4-5H2,1-2H3,(H,19,22)(H,21,23)/b20-12-. The first-order valence-corrected chi connectivity index (χ1v) is 7.85. The van der Waals surface area contributed by atoms with E-state index in [2.05, 4.69) is 15.8 Å². The minimum Gasteiger partial charge on any atom is -0.456 e. The van der Waals surface area contributed by atoms with E-state index >= 15 is 0 Å². The van der Waals surface area contributed by atoms with Crippen molar-refractivity contribution < 1.29 is 14.0 Å². The van der Waals surface area contributed by atoms with Crippen LogP contribution >= 0.6 is 0 Å². The molecule has 2 N–H and O–H groups in total. The van der Waals surface area contributed by atoms with Gasteiger partial charge >= 0.3 is 5.91 Å². The lowest BCUT2D eigenvalue weighted by Gasteiger charge is -2.06. The van der Waals surface area contributed by atoms with Gasteiger partial charge in [-0.2, -0.15) is 5.10 Å². The van der Waals surface area contributed by atoms with Gasteiger partial charge in [-0.3, -0.25) is 9.59 Å². The number of aryl methyl sites for hydroxylation is 1. The number of anilines is 1. The van der Waals surface area contributed by atoms with Crippen molar-refractivity contribution in [2.24, 2.45) is 11.0 Å². The molecule has 1 saturated carbocycles. The van der Waals surface area contributed by atoms with Crippen molar-refractivity contribution in [3.63, 3.8) is 0 Å². The van der Waals surface area contributed by atoms with Gasteiger partial charge in [0.05, 0.1) is 5.71 Å². The second kappa shape index (κ2) is 6.70. The average molecular weight is 325 g/mol. The van der Waals surface area contributed by atoms with Crippen molar-refractivity contribution in [1.29, 1.82) is 0 Å². The van der Waals surface area contributed by atoms with Crippen LogP contribution < -0.4 is 10.7 Å². The number of nitrogens with one attached hydrogen (secondary N) is 2. The summed E-state index contributed by atoms with van der Waals surface area (Å²) in [6.07, 6.45) is 1.95. The van der Waals surface area contributed by atoms with Gasteiger partial charge in [-0.15, -0.1) is 0 Å². The molecule has 1 aromatic carbocycles. The fourth-order valence-electron chi connectivity index (χ4n) is 2.20. The predicted octanol–water partition coefficient (Wildman–Crippen LogP) is 3.09. The lowest BCUT2D eigenvalue weighted by molar-refractivity contribution is -0.117. The largest absolute Gasteiger partial charge is 0.456 e. The molecule has 1 aliphatic carbocycles. The lowest BCUT2D eigenvalue weighted by Crippen LogP contribution is -2.18. The number of hydrazone groups is 1. The Kier molecular flexibility index (Phi) is 4.46. The number of amides is 2. The third-order valence-electron chi connectivity index (χ3n) is 3.81. The Morgan fingerprint density at radius 1 is 1.12 bits per heavy atom. The van der Waals surface area contributed by atoms with Crippen LogP contribution in [0.3, 0.4) is 0 Å². The lowest BCUT2D eigenvalue weighted by atomic mass is 10.1. The summed E-state index contributed by atoms with van der Waals surface area (Å²) in [5.41, 5.74) is 4.74. The number of hydrogen-bond donors (Lipinski definition) is 2. The van der Waals surface area contributed by atoms with Crippen molar-refractivity contribution >= 4 is 23.2 Å². The topological polar surface area (TPSA) is 83.7 Å². The third kappa shape index (κ3) is 3.90. The molecule has 1 aromatic heterocycles. The Labute approximate surface area is 139 Å². The summed E-state index contributed by atoms with van der Waals surface area (Å²) in [7, 11) is 0. The molecule has 6 nitrogen and oxygen atoms in total. The number of hydrogen-bond acceptors (Lipinski definition) is 4. The summed E-state index contributed by atoms with van der Waals surface area (Å²) < 4.78 is 5.24. The Balaban J connectivity index is 1.60. The molecule has 0 spiro atoms. The Hall–Kier alpha value is -2.89. The number of rotatable bonds is 5. The highest BCUT2D eigenvalue weighted by molar-refractivity contribution is 6.01. The van der Waals surface area contributed by atoms with Crippen LogP contribution in [0.2, 0.25) is 0 Å². The monoisotopic (exact) mass is 325 g/mol. The molecule has 1 heterocycles. The molecule has 24 heavy (non-hydrogen) atoms. The predicted molar refractivity (Wildman–Crippen MR) is 90.9 cm³/mol. The maximum Gasteiger partial charge on any atom is 0.307 e. The molecule has 0 bridgehead atoms. The van der Waals surface area contributed by atoms with Gasteiger partial charge in [0.25, 0.3) is 0 Å². The van der Waals surface area contributed by atoms with Gasteiger partial charge in [-0.25, -0.2) is 5.43 Å². The number of carbonyl (C=O) groups excluding carboxylic acids is 2. The Bertz CT molecular complexity index is 786. The molecule has 2 aromatic rings. The van der Waals surface area contributed by atoms with Crippen LogP contribution in [-0.2, 0) is 4.79 Å². The summed E-state index contributed by atoms with van der Waals surface area (Å²) in [6.45, 7) is 3.57. The molecular formula is C18H19N3O3. The first-order valence-electron chi connectivity index (χ1n) is 7.85. The quantitative estimate of drug-likeness (QED) is 0.654. The van der Waals surface area contributed by atoms with E-state index in [9.17, 15) is 9.59 Å². The molecule has 1 aliphatic rings. The number of benzene rings is 1. The maximum absolute atomic E-state index is 11.9. The Morgan fingerprint density at radius 3 is 2.42 bits per heavy atom. The van der Waals surface area contributed by atoms with Gasteiger partial charge in [0.15, 0.2) is 5.76 Å². The molecule has 0 unspecified atom stereocenters. The first kappa shape index (κ1) is 16.0. The minimum atomic E-state index is -0.393. The second-order valence-corrected chi connectivity index (χ2v) is 5.89. The molecule has 124 valence electrons. The molecular weight excluding hydrogens is 306 g/mol. The normalized spacial score (nSPS) is 14.3. The highest BCUT2D eigenvalue weighted by atomic mass is 16.3. The van der Waals surface area contributed by atoms with Gasteiger partial charge in [-0.1, -0.05) is 12.1 Å². The van der Waals surface area contributed by atoms with Crippen LogP contribution in [0.5, 0.6) is 0 Å². The van der Waals surface area contributed by atoms with Gasteiger partial charge in [0.1, 0.15) is 5.76 Å². The van der Waals surface area contributed by atoms with E-state index in [4.69, 9.17) is 4.42 Å². The van der Waals surface area contributed by atoms with Crippen LogP contribution in [0.15, 0.2) is 45.9 Å². The van der Waals surface area contributed by atoms with Crippen LogP contribution in [0, 0.1) is 12.8 Å². The third-order valence-corrected chi connectivity index (χ3v) is 3.81. The highest BCUT2D eigenvalue weighted by Gasteiger charge is 2.29. The van der Waals surface area contributed by atoms with Crippen molar-refractivity contribution in [2.75, 3.05) is 5.32 Å². The zero-order valence-electron chi connectivity index (χ0n) is 13.6. The van der Waals surface area contributed by atoms with E-state index in [0.29, 0.717) is 11.5 Å². The summed E-state index contributed by atoms with van der Waals surface area (Å²) in [4.78, 5) is 23.6. The highest BCUT2D eigenvalue weighted by Crippen LogP contribution is 2.30. The minimum absolute atomic E-state index is 0.0779. The molecule has 0 radical (unpaired) electrons. The van der Waals surface area contributed by atoms with E-state index in [1.165, 1.54) is 0 Å². The van der Waals surface area contributed by atoms with Crippen molar-refractivity contribution in [1.82, 2.24) is 5.43 Å². The Morgan fingerprint density at radius 2 is 1.83 bits per heavy atom. The maximum atomic E-state index is 11.9. The van der Waals surface area contributed by atoms with Crippen LogP contribution in [0.1, 0.15) is 41.6 Å². The summed E-state index contributed by atoms with van der Waals surface area (Å²) in [5.74, 6) is 0.755. The van der Waals surface area contributed by atoms with Crippen molar-refractivity contribution in [3.05, 3.63) is 53.5 Å². The van der Waals surface area contributed by atoms with Gasteiger partial charge < -0.3 is 9.73 Å². The zero-order chi connectivity index (χ0) is 17.1.